The standard InChI is InChI=1S/C31H37N3O7/c1-19-12-15-23(24(35)18-19)34(5)29(37)21-13-14-22(28(39-6)26(21)32)27(36)20-10-7-8-11-25(20)40-17-9-16-33-30(38)41-31(2,3)4/h7-8,10-15,18,35H,9,16-17,32H2,1-6H3,(H,33,38). The number of carbonyl (C=O) groups is 3. The summed E-state index contributed by atoms with van der Waals surface area (Å²) in [5.41, 5.74) is 7.46. The van der Waals surface area contributed by atoms with E-state index < -0.39 is 23.4 Å². The molecule has 3 rings (SSSR count). The minimum Gasteiger partial charge on any atom is -0.506 e. The second kappa shape index (κ2) is 13.1. The van der Waals surface area contributed by atoms with Gasteiger partial charge in [0.2, 0.25) is 5.78 Å². The van der Waals surface area contributed by atoms with Crippen molar-refractivity contribution in [3.63, 3.8) is 0 Å². The number of alkyl carbamates (subject to hydrolysis) is 1. The predicted octanol–water partition coefficient (Wildman–Crippen LogP) is 5.09. The number of anilines is 2. The van der Waals surface area contributed by atoms with Crippen molar-refractivity contribution in [1.29, 1.82) is 0 Å². The van der Waals surface area contributed by atoms with E-state index >= 15 is 0 Å². The summed E-state index contributed by atoms with van der Waals surface area (Å²) in [7, 11) is 2.89. The topological polar surface area (TPSA) is 140 Å². The van der Waals surface area contributed by atoms with E-state index in [0.717, 1.165) is 5.56 Å². The van der Waals surface area contributed by atoms with Crippen LogP contribution >= 0.6 is 0 Å². The van der Waals surface area contributed by atoms with Crippen molar-refractivity contribution in [3.05, 3.63) is 76.9 Å². The van der Waals surface area contributed by atoms with Gasteiger partial charge < -0.3 is 35.3 Å². The van der Waals surface area contributed by atoms with Gasteiger partial charge in [-0.2, -0.15) is 0 Å². The largest absolute Gasteiger partial charge is 0.506 e. The van der Waals surface area contributed by atoms with Crippen LogP contribution in [0.25, 0.3) is 0 Å². The van der Waals surface area contributed by atoms with Gasteiger partial charge in [0.1, 0.15) is 17.1 Å². The zero-order chi connectivity index (χ0) is 30.3. The van der Waals surface area contributed by atoms with E-state index in [-0.39, 0.29) is 40.5 Å². The third-order valence-corrected chi connectivity index (χ3v) is 6.05. The molecule has 218 valence electrons. The van der Waals surface area contributed by atoms with Gasteiger partial charge in [0.15, 0.2) is 5.75 Å². The number of ether oxygens (including phenoxy) is 3. The number of hydrogen-bond acceptors (Lipinski definition) is 8. The Morgan fingerprint density at radius 1 is 1.00 bits per heavy atom. The first-order valence-corrected chi connectivity index (χ1v) is 13.1. The maximum absolute atomic E-state index is 13.6. The highest BCUT2D eigenvalue weighted by molar-refractivity contribution is 6.16. The maximum atomic E-state index is 13.6. The number of ketones is 1. The van der Waals surface area contributed by atoms with Crippen molar-refractivity contribution < 1.29 is 33.7 Å². The van der Waals surface area contributed by atoms with E-state index in [1.165, 1.54) is 31.2 Å². The van der Waals surface area contributed by atoms with E-state index in [4.69, 9.17) is 19.9 Å². The highest BCUT2D eigenvalue weighted by Crippen LogP contribution is 2.35. The molecule has 0 aromatic heterocycles. The van der Waals surface area contributed by atoms with Crippen molar-refractivity contribution in [3.8, 4) is 17.2 Å². The van der Waals surface area contributed by atoms with Crippen molar-refractivity contribution >= 4 is 29.2 Å². The number of nitrogen functional groups attached to an aromatic ring is 1. The van der Waals surface area contributed by atoms with Crippen LogP contribution in [0.15, 0.2) is 54.6 Å². The Morgan fingerprint density at radius 3 is 2.34 bits per heavy atom. The Morgan fingerprint density at radius 2 is 1.68 bits per heavy atom. The highest BCUT2D eigenvalue weighted by atomic mass is 16.6. The molecule has 0 bridgehead atoms. The van der Waals surface area contributed by atoms with Gasteiger partial charge in [-0.25, -0.2) is 4.79 Å². The lowest BCUT2D eigenvalue weighted by molar-refractivity contribution is 0.0525. The number of nitrogens with one attached hydrogen (secondary N) is 1. The van der Waals surface area contributed by atoms with Gasteiger partial charge in [-0.15, -0.1) is 0 Å². The lowest BCUT2D eigenvalue weighted by Crippen LogP contribution is -2.33. The average Bonchev–Trinajstić information content (AvgIpc) is 2.91. The molecule has 10 heteroatoms. The molecule has 41 heavy (non-hydrogen) atoms. The van der Waals surface area contributed by atoms with Gasteiger partial charge in [-0.05, 0) is 76.1 Å². The van der Waals surface area contributed by atoms with E-state index in [0.29, 0.717) is 24.4 Å². The number of amides is 2. The lowest BCUT2D eigenvalue weighted by Gasteiger charge is -2.21. The van der Waals surface area contributed by atoms with Crippen LogP contribution in [0.3, 0.4) is 0 Å². The number of phenols is 1. The van der Waals surface area contributed by atoms with Gasteiger partial charge in [0.05, 0.1) is 41.8 Å². The molecule has 0 aliphatic rings. The maximum Gasteiger partial charge on any atom is 0.407 e. The molecule has 0 atom stereocenters. The van der Waals surface area contributed by atoms with Crippen LogP contribution in [0.4, 0.5) is 16.2 Å². The summed E-state index contributed by atoms with van der Waals surface area (Å²) in [6.45, 7) is 7.76. The molecule has 10 nitrogen and oxygen atoms in total. The second-order valence-electron chi connectivity index (χ2n) is 10.4. The summed E-state index contributed by atoms with van der Waals surface area (Å²) < 4.78 is 16.6. The normalized spacial score (nSPS) is 11.0. The summed E-state index contributed by atoms with van der Waals surface area (Å²) in [4.78, 5) is 40.0. The zero-order valence-electron chi connectivity index (χ0n) is 24.2. The number of para-hydroxylation sites is 1. The highest BCUT2D eigenvalue weighted by Gasteiger charge is 2.26. The van der Waals surface area contributed by atoms with Crippen LogP contribution in [-0.4, -0.2) is 55.8 Å². The number of nitrogens with zero attached hydrogens (tertiary/aromatic N) is 1. The molecule has 0 spiro atoms. The monoisotopic (exact) mass is 563 g/mol. The number of aryl methyl sites for hydroxylation is 1. The third-order valence-electron chi connectivity index (χ3n) is 6.05. The summed E-state index contributed by atoms with van der Waals surface area (Å²) >= 11 is 0. The molecule has 0 heterocycles. The molecule has 0 aliphatic carbocycles. The first kappa shape index (κ1) is 30.8. The number of carbonyl (C=O) groups excluding carboxylic acids is 3. The van der Waals surface area contributed by atoms with Crippen molar-refractivity contribution in [1.82, 2.24) is 5.32 Å². The van der Waals surface area contributed by atoms with Gasteiger partial charge in [-0.3, -0.25) is 9.59 Å². The molecule has 0 saturated heterocycles. The molecule has 0 saturated carbocycles. The van der Waals surface area contributed by atoms with Crippen molar-refractivity contribution in [2.75, 3.05) is 37.9 Å². The second-order valence-corrected chi connectivity index (χ2v) is 10.4. The summed E-state index contributed by atoms with van der Waals surface area (Å²) in [5.74, 6) is -0.526. The molecule has 4 N–H and O–H groups in total. The van der Waals surface area contributed by atoms with Gasteiger partial charge in [-0.1, -0.05) is 18.2 Å². The van der Waals surface area contributed by atoms with Crippen LogP contribution in [0.2, 0.25) is 0 Å². The van der Waals surface area contributed by atoms with Crippen LogP contribution < -0.4 is 25.4 Å². The van der Waals surface area contributed by atoms with Crippen LogP contribution in [0.1, 0.15) is 59.0 Å². The molecule has 2 amide bonds. The van der Waals surface area contributed by atoms with E-state index in [1.807, 2.05) is 6.92 Å². The van der Waals surface area contributed by atoms with Gasteiger partial charge >= 0.3 is 6.09 Å². The summed E-state index contributed by atoms with van der Waals surface area (Å²) in [5, 5.41) is 13.0. The summed E-state index contributed by atoms with van der Waals surface area (Å²) in [6, 6.07) is 14.7. The number of rotatable bonds is 10. The van der Waals surface area contributed by atoms with Crippen molar-refractivity contribution in [2.45, 2.75) is 39.7 Å². The zero-order valence-corrected chi connectivity index (χ0v) is 24.2. The molecular formula is C31H37N3O7. The third kappa shape index (κ3) is 7.69. The Bertz CT molecular complexity index is 1430. The number of benzene rings is 3. The molecule has 3 aromatic rings. The Hall–Kier alpha value is -4.73. The molecule has 0 unspecified atom stereocenters. The first-order valence-electron chi connectivity index (χ1n) is 13.1. The SMILES string of the molecule is COc1c(C(=O)c2ccccc2OCCCNC(=O)OC(C)(C)C)ccc(C(=O)N(C)c2ccc(C)cc2O)c1N. The quantitative estimate of drug-likeness (QED) is 0.176. The van der Waals surface area contributed by atoms with Crippen LogP contribution in [-0.2, 0) is 4.74 Å². The minimum atomic E-state index is -0.587. The van der Waals surface area contributed by atoms with Gasteiger partial charge in [0, 0.05) is 13.6 Å². The smallest absolute Gasteiger partial charge is 0.407 e. The average molecular weight is 564 g/mol. The van der Waals surface area contributed by atoms with Crippen LogP contribution in [0, 0.1) is 6.92 Å². The number of aromatic hydroxyl groups is 1. The Kier molecular flexibility index (Phi) is 9.83. The molecule has 0 aliphatic heterocycles. The number of phenolic OH excluding ortho intramolecular Hbond substituents is 1. The molecule has 0 fully saturated rings. The molecular weight excluding hydrogens is 526 g/mol. The van der Waals surface area contributed by atoms with E-state index in [1.54, 1.807) is 63.2 Å². The lowest BCUT2D eigenvalue weighted by atomic mass is 9.98. The number of hydrogen-bond donors (Lipinski definition) is 3. The fraction of sp³-hybridized carbons (Fsp3) is 0.323. The van der Waals surface area contributed by atoms with Crippen LogP contribution in [0.5, 0.6) is 17.2 Å². The summed E-state index contributed by atoms with van der Waals surface area (Å²) in [6.07, 6.45) is -0.0274. The van der Waals surface area contributed by atoms with E-state index in [2.05, 4.69) is 5.32 Å². The predicted molar refractivity (Wildman–Crippen MR) is 157 cm³/mol. The molecule has 0 radical (unpaired) electrons. The Labute approximate surface area is 240 Å². The number of nitrogens with two attached hydrogens (primary N) is 1. The first-order chi connectivity index (χ1) is 19.3. The minimum absolute atomic E-state index is 0.00609. The molecule has 3 aromatic carbocycles. The van der Waals surface area contributed by atoms with E-state index in [9.17, 15) is 19.5 Å². The fourth-order valence-corrected chi connectivity index (χ4v) is 4.08. The van der Waals surface area contributed by atoms with Crippen molar-refractivity contribution in [2.24, 2.45) is 0 Å². The Balaban J connectivity index is 1.77. The van der Waals surface area contributed by atoms with Gasteiger partial charge in [0.25, 0.3) is 5.91 Å². The number of methoxy groups -OCH3 is 1. The fourth-order valence-electron chi connectivity index (χ4n) is 4.08.